The van der Waals surface area contributed by atoms with Gasteiger partial charge in [-0.3, -0.25) is 0 Å². The van der Waals surface area contributed by atoms with Gasteiger partial charge in [0.05, 0.1) is 0 Å². The second kappa shape index (κ2) is 39.1. The molecule has 0 aromatic heterocycles. The Morgan fingerprint density at radius 2 is 0.415 bits per heavy atom. The van der Waals surface area contributed by atoms with Crippen LogP contribution in [0, 0.1) is 0 Å². The summed E-state index contributed by atoms with van der Waals surface area (Å²) in [5, 5.41) is 0. The minimum atomic E-state index is 0.881. The lowest BCUT2D eigenvalue weighted by molar-refractivity contribution is 0.888. The summed E-state index contributed by atoms with van der Waals surface area (Å²) in [6, 6.07) is 39.8. The maximum absolute atomic E-state index is 6.45. The van der Waals surface area contributed by atoms with Crippen molar-refractivity contribution in [2.45, 2.75) is 251 Å². The van der Waals surface area contributed by atoms with E-state index in [9.17, 15) is 0 Å². The third kappa shape index (κ3) is 21.6. The number of aryl methyl sites for hydroxylation is 14. The summed E-state index contributed by atoms with van der Waals surface area (Å²) in [5.41, 5.74) is 86.6. The highest BCUT2D eigenvalue weighted by molar-refractivity contribution is 5.62. The Bertz CT molecular complexity index is 3290. The average molecular weight is 1270 g/mol. The van der Waals surface area contributed by atoms with Crippen LogP contribution in [0.1, 0.15) is 258 Å². The van der Waals surface area contributed by atoms with E-state index in [0.29, 0.717) is 0 Å². The second-order valence-corrected chi connectivity index (χ2v) is 26.0. The Morgan fingerprint density at radius 3 is 0.638 bits per heavy atom. The molecule has 0 saturated heterocycles. The molecule has 8 nitrogen and oxygen atoms in total. The molecule has 0 radical (unpaired) electrons. The highest BCUT2D eigenvalue weighted by Gasteiger charge is 2.17. The second-order valence-electron chi connectivity index (χ2n) is 26.0. The molecule has 8 aromatic rings. The average Bonchev–Trinajstić information content (AvgIpc) is 0.818. The van der Waals surface area contributed by atoms with Crippen LogP contribution in [0.3, 0.4) is 0 Å². The van der Waals surface area contributed by atoms with Gasteiger partial charge in [0.25, 0.3) is 0 Å². The highest BCUT2D eigenvalue weighted by Crippen LogP contribution is 2.33. The lowest BCUT2D eigenvalue weighted by atomic mass is 9.86. The predicted octanol–water partition coefficient (Wildman–Crippen LogP) is 20.0. The molecule has 0 aliphatic heterocycles. The monoisotopic (exact) mass is 1270 g/mol. The van der Waals surface area contributed by atoms with Gasteiger partial charge in [0, 0.05) is 45.5 Å². The molecule has 8 aromatic carbocycles. The van der Waals surface area contributed by atoms with Crippen LogP contribution in [0.15, 0.2) is 109 Å². The Balaban J connectivity index is 0.000000228. The molecule has 8 rings (SSSR count). The van der Waals surface area contributed by atoms with Gasteiger partial charge in [-0.15, -0.1) is 0 Å². The lowest BCUT2D eigenvalue weighted by Gasteiger charge is -2.19. The molecule has 0 atom stereocenters. The van der Waals surface area contributed by atoms with Crippen molar-refractivity contribution in [3.05, 3.63) is 232 Å². The minimum absolute atomic E-state index is 0.881. The molecule has 0 spiro atoms. The molecule has 0 amide bonds. The molecule has 8 heteroatoms. The van der Waals surface area contributed by atoms with Crippen LogP contribution < -0.4 is 45.9 Å². The highest BCUT2D eigenvalue weighted by atomic mass is 14.6. The maximum Gasteiger partial charge on any atom is 0.0379 e. The van der Waals surface area contributed by atoms with Crippen LogP contribution in [-0.2, 0) is 116 Å². The number of hydrogen-bond acceptors (Lipinski definition) is 8. The van der Waals surface area contributed by atoms with Gasteiger partial charge >= 0.3 is 0 Å². The number of hydrogen-bond donors (Lipinski definition) is 8. The van der Waals surface area contributed by atoms with Crippen molar-refractivity contribution in [3.8, 4) is 0 Å². The number of nitrogen functional groups attached to an aromatic ring is 8. The van der Waals surface area contributed by atoms with Gasteiger partial charge in [-0.05, 0) is 274 Å². The van der Waals surface area contributed by atoms with Gasteiger partial charge in [0.15, 0.2) is 0 Å². The fourth-order valence-corrected chi connectivity index (χ4v) is 13.6. The zero-order chi connectivity index (χ0) is 69.0. The van der Waals surface area contributed by atoms with Crippen molar-refractivity contribution in [3.63, 3.8) is 0 Å². The van der Waals surface area contributed by atoms with Gasteiger partial charge in [0.1, 0.15) is 0 Å². The zero-order valence-electron chi connectivity index (χ0n) is 61.0. The van der Waals surface area contributed by atoms with Crippen molar-refractivity contribution in [1.29, 1.82) is 0 Å². The van der Waals surface area contributed by atoms with Gasteiger partial charge in [-0.25, -0.2) is 0 Å². The molecule has 0 saturated carbocycles. The fourth-order valence-electron chi connectivity index (χ4n) is 13.6. The van der Waals surface area contributed by atoms with E-state index in [2.05, 4.69) is 206 Å². The van der Waals surface area contributed by atoms with E-state index in [1.54, 1.807) is 0 Å². The Hall–Kier alpha value is -7.84. The molecule has 0 heterocycles. The number of anilines is 8. The fraction of sp³-hybridized carbons (Fsp3) is 0.442. The summed E-state index contributed by atoms with van der Waals surface area (Å²) in [6.45, 7) is 30.8. The minimum Gasteiger partial charge on any atom is -0.399 e. The first-order chi connectivity index (χ1) is 45.2. The van der Waals surface area contributed by atoms with Crippen LogP contribution in [0.5, 0.6) is 0 Å². The van der Waals surface area contributed by atoms with Gasteiger partial charge < -0.3 is 45.9 Å². The molecule has 508 valence electrons. The Morgan fingerprint density at radius 1 is 0.202 bits per heavy atom. The third-order valence-corrected chi connectivity index (χ3v) is 18.7. The number of nitrogens with two attached hydrogens (primary N) is 8. The molecule has 0 bridgehead atoms. The van der Waals surface area contributed by atoms with E-state index in [1.165, 1.54) is 122 Å². The van der Waals surface area contributed by atoms with Gasteiger partial charge in [0.2, 0.25) is 0 Å². The first-order valence-electron chi connectivity index (χ1n) is 36.4. The summed E-state index contributed by atoms with van der Waals surface area (Å²) >= 11 is 0. The summed E-state index contributed by atoms with van der Waals surface area (Å²) < 4.78 is 0. The van der Waals surface area contributed by atoms with E-state index in [4.69, 9.17) is 45.9 Å². The van der Waals surface area contributed by atoms with Crippen LogP contribution in [0.2, 0.25) is 0 Å². The van der Waals surface area contributed by atoms with Crippen LogP contribution >= 0.6 is 0 Å². The van der Waals surface area contributed by atoms with Crippen molar-refractivity contribution >= 4 is 45.5 Å². The van der Waals surface area contributed by atoms with Crippen LogP contribution in [-0.4, -0.2) is 0 Å². The van der Waals surface area contributed by atoms with Gasteiger partial charge in [-0.2, -0.15) is 0 Å². The molecule has 16 N–H and O–H groups in total. The van der Waals surface area contributed by atoms with Crippen molar-refractivity contribution < 1.29 is 0 Å². The van der Waals surface area contributed by atoms with Crippen molar-refractivity contribution in [1.82, 2.24) is 0 Å². The third-order valence-electron chi connectivity index (χ3n) is 18.7. The molecular weight excluding hydrogens is 1150 g/mol. The molecule has 0 fully saturated rings. The normalized spacial score (nSPS) is 11.0. The van der Waals surface area contributed by atoms with E-state index >= 15 is 0 Å². The van der Waals surface area contributed by atoms with E-state index in [0.717, 1.165) is 200 Å². The van der Waals surface area contributed by atoms with Crippen molar-refractivity contribution in [2.24, 2.45) is 0 Å². The van der Waals surface area contributed by atoms with E-state index in [-0.39, 0.29) is 0 Å². The first kappa shape index (κ1) is 76.9. The molecule has 0 aliphatic carbocycles. The number of rotatable bonds is 28. The van der Waals surface area contributed by atoms with E-state index in [1.807, 2.05) is 0 Å². The maximum atomic E-state index is 6.45. The summed E-state index contributed by atoms with van der Waals surface area (Å²) in [5.74, 6) is 0. The Labute approximate surface area is 570 Å². The zero-order valence-corrected chi connectivity index (χ0v) is 61.0. The SMILES string of the molecule is CCCc1cc(Cc2cc(CCC)c(N)c(CCC)c2)cc(CCC)c1N.CCCc1ccc(Cc2ccc(CCC)c(N)c2)cc1N.CCc1cc(Cc2cc(CC)c(N)c(CC)c2)cc(CC)c1N.CCc1cc(N)cc(CC)c1Cc1c(CC)cc(N)cc1CC. The quantitative estimate of drug-likeness (QED) is 0.0221. The summed E-state index contributed by atoms with van der Waals surface area (Å²) in [4.78, 5) is 0. The van der Waals surface area contributed by atoms with Crippen LogP contribution in [0.25, 0.3) is 0 Å². The number of benzene rings is 8. The largest absolute Gasteiger partial charge is 0.399 e. The lowest BCUT2D eigenvalue weighted by Crippen LogP contribution is -2.07. The molecule has 0 unspecified atom stereocenters. The molecule has 94 heavy (non-hydrogen) atoms. The van der Waals surface area contributed by atoms with Crippen LogP contribution in [0.4, 0.5) is 45.5 Å². The van der Waals surface area contributed by atoms with Gasteiger partial charge in [-0.1, -0.05) is 208 Å². The summed E-state index contributed by atoms with van der Waals surface area (Å²) in [6.07, 6.45) is 24.8. The molecular formula is C86H124N8. The van der Waals surface area contributed by atoms with E-state index < -0.39 is 0 Å². The standard InChI is InChI=1S/C25H38N2.2C21H30N2.C19H26N2/c1-5-9-20-14-18(15-21(10-6-2)24(20)26)13-19-16-22(11-7-3)25(27)23(17-19)12-8-4;1-5-16-10-14(11-17(6-2)20(16)22)9-15-12-18(7-3)21(23)19(8-4)13-15;1-5-14-9-18(22)10-15(6-2)20(14)13-21-16(7-3)11-19(23)12-17(21)8-4;1-3-5-16-9-7-14(12-18(16)20)11-15-8-10-17(6-4-2)19(21)13-15/h14-17H,5-13,26-27H2,1-4H3;10-13H,5-9,22-23H2,1-4H3;9-12H,5-8,13,22-23H2,1-4H3;7-10,12-13H,3-6,11,20-21H2,1-2H3. The Kier molecular flexibility index (Phi) is 32.0. The summed E-state index contributed by atoms with van der Waals surface area (Å²) in [7, 11) is 0. The first-order valence-corrected chi connectivity index (χ1v) is 36.4. The molecule has 0 aliphatic rings. The topological polar surface area (TPSA) is 208 Å². The predicted molar refractivity (Wildman–Crippen MR) is 417 cm³/mol. The van der Waals surface area contributed by atoms with Crippen molar-refractivity contribution in [2.75, 3.05) is 45.9 Å². The smallest absolute Gasteiger partial charge is 0.0379 e.